The minimum atomic E-state index is -3.83. The molecule has 0 aliphatic heterocycles. The van der Waals surface area contributed by atoms with Crippen molar-refractivity contribution in [3.05, 3.63) is 64.6 Å². The lowest BCUT2D eigenvalue weighted by Crippen LogP contribution is -2.38. The normalized spacial score (nSPS) is 16.0. The zero-order chi connectivity index (χ0) is 15.8. The van der Waals surface area contributed by atoms with Crippen LogP contribution in [0, 0.1) is 0 Å². The van der Waals surface area contributed by atoms with Crippen LogP contribution in [0.3, 0.4) is 0 Å². The number of hydrogen-bond donors (Lipinski definition) is 1. The van der Waals surface area contributed by atoms with Crippen LogP contribution in [0.5, 0.6) is 0 Å². The molecule has 1 amide bonds. The van der Waals surface area contributed by atoms with Crippen LogP contribution in [0.2, 0.25) is 0 Å². The van der Waals surface area contributed by atoms with E-state index in [0.29, 0.717) is 12.8 Å². The summed E-state index contributed by atoms with van der Waals surface area (Å²) in [6.45, 7) is 0. The third-order valence-electron chi connectivity index (χ3n) is 3.84. The van der Waals surface area contributed by atoms with E-state index in [2.05, 4.69) is 20.7 Å². The highest BCUT2D eigenvalue weighted by Gasteiger charge is 2.52. The Labute approximate surface area is 137 Å². The van der Waals surface area contributed by atoms with Gasteiger partial charge in [0.15, 0.2) is 0 Å². The molecule has 1 N–H and O–H groups in total. The van der Waals surface area contributed by atoms with Gasteiger partial charge in [0.2, 0.25) is 5.91 Å². The summed E-state index contributed by atoms with van der Waals surface area (Å²) in [6.07, 6.45) is 1.30. The smallest absolute Gasteiger partial charge is 0.264 e. The third-order valence-corrected chi connectivity index (χ3v) is 5.68. The van der Waals surface area contributed by atoms with Crippen LogP contribution in [0.4, 0.5) is 0 Å². The Bertz CT molecular complexity index is 814. The lowest BCUT2D eigenvalue weighted by Gasteiger charge is -2.16. The Morgan fingerprint density at radius 2 is 1.73 bits per heavy atom. The Morgan fingerprint density at radius 1 is 1.05 bits per heavy atom. The summed E-state index contributed by atoms with van der Waals surface area (Å²) in [5, 5.41) is 0. The maximum Gasteiger partial charge on any atom is 0.264 e. The van der Waals surface area contributed by atoms with Crippen molar-refractivity contribution in [1.82, 2.24) is 4.72 Å². The lowest BCUT2D eigenvalue weighted by atomic mass is 9.95. The number of halogens is 1. The van der Waals surface area contributed by atoms with E-state index in [1.165, 1.54) is 12.1 Å². The van der Waals surface area contributed by atoms with E-state index in [1.54, 1.807) is 18.2 Å². The summed E-state index contributed by atoms with van der Waals surface area (Å²) in [6, 6.07) is 15.3. The fraction of sp³-hybridized carbons (Fsp3) is 0.188. The number of rotatable bonds is 4. The van der Waals surface area contributed by atoms with Gasteiger partial charge in [0.25, 0.3) is 10.0 Å². The van der Waals surface area contributed by atoms with E-state index < -0.39 is 21.3 Å². The van der Waals surface area contributed by atoms with Gasteiger partial charge in [-0.3, -0.25) is 4.79 Å². The van der Waals surface area contributed by atoms with E-state index in [9.17, 15) is 13.2 Å². The van der Waals surface area contributed by atoms with Crippen molar-refractivity contribution in [1.29, 1.82) is 0 Å². The first-order valence-corrected chi connectivity index (χ1v) is 9.10. The van der Waals surface area contributed by atoms with Gasteiger partial charge in [-0.05, 0) is 42.7 Å². The predicted octanol–water partition coefficient (Wildman–Crippen LogP) is 2.99. The molecule has 1 fully saturated rings. The van der Waals surface area contributed by atoms with Gasteiger partial charge < -0.3 is 0 Å². The number of hydrogen-bond acceptors (Lipinski definition) is 3. The van der Waals surface area contributed by atoms with Crippen molar-refractivity contribution < 1.29 is 13.2 Å². The van der Waals surface area contributed by atoms with Gasteiger partial charge in [-0.1, -0.05) is 46.3 Å². The molecule has 0 atom stereocenters. The molecule has 2 aromatic carbocycles. The predicted molar refractivity (Wildman–Crippen MR) is 86.8 cm³/mol. The second-order valence-electron chi connectivity index (χ2n) is 5.34. The van der Waals surface area contributed by atoms with E-state index in [-0.39, 0.29) is 4.90 Å². The van der Waals surface area contributed by atoms with Crippen LogP contribution >= 0.6 is 15.9 Å². The van der Waals surface area contributed by atoms with E-state index in [0.717, 1.165) is 10.0 Å². The van der Waals surface area contributed by atoms with Crippen LogP contribution < -0.4 is 4.72 Å². The highest BCUT2D eigenvalue weighted by atomic mass is 79.9. The number of carbonyl (C=O) groups is 1. The summed E-state index contributed by atoms with van der Waals surface area (Å²) in [4.78, 5) is 12.6. The molecule has 0 saturated heterocycles. The zero-order valence-electron chi connectivity index (χ0n) is 11.6. The topological polar surface area (TPSA) is 63.2 Å². The van der Waals surface area contributed by atoms with Gasteiger partial charge >= 0.3 is 0 Å². The molecular weight excluding hydrogens is 366 g/mol. The largest absolute Gasteiger partial charge is 0.273 e. The van der Waals surface area contributed by atoms with Gasteiger partial charge in [-0.25, -0.2) is 13.1 Å². The van der Waals surface area contributed by atoms with Crippen LogP contribution in [0.25, 0.3) is 0 Å². The Kier molecular flexibility index (Phi) is 3.82. The molecule has 22 heavy (non-hydrogen) atoms. The van der Waals surface area contributed by atoms with Gasteiger partial charge in [0, 0.05) is 4.47 Å². The third kappa shape index (κ3) is 2.80. The summed E-state index contributed by atoms with van der Waals surface area (Å²) in [5.74, 6) is -0.463. The fourth-order valence-corrected chi connectivity index (χ4v) is 3.91. The van der Waals surface area contributed by atoms with Gasteiger partial charge in [0.05, 0.1) is 10.3 Å². The van der Waals surface area contributed by atoms with Crippen molar-refractivity contribution in [2.45, 2.75) is 23.2 Å². The minimum absolute atomic E-state index is 0.0911. The van der Waals surface area contributed by atoms with Gasteiger partial charge in [-0.2, -0.15) is 0 Å². The number of amides is 1. The molecule has 114 valence electrons. The summed E-state index contributed by atoms with van der Waals surface area (Å²) in [7, 11) is -3.83. The van der Waals surface area contributed by atoms with E-state index in [1.807, 2.05) is 24.3 Å². The lowest BCUT2D eigenvalue weighted by molar-refractivity contribution is -0.121. The molecule has 6 heteroatoms. The fourth-order valence-electron chi connectivity index (χ4n) is 2.44. The highest BCUT2D eigenvalue weighted by Crippen LogP contribution is 2.49. The Morgan fingerprint density at radius 3 is 2.32 bits per heavy atom. The number of nitrogens with one attached hydrogen (secondary N) is 1. The molecule has 2 aromatic rings. The minimum Gasteiger partial charge on any atom is -0.273 e. The summed E-state index contributed by atoms with van der Waals surface area (Å²) < 4.78 is 27.6. The summed E-state index contributed by atoms with van der Waals surface area (Å²) in [5.41, 5.74) is 0.105. The summed E-state index contributed by atoms with van der Waals surface area (Å²) >= 11 is 3.38. The molecule has 1 aliphatic rings. The molecule has 0 unspecified atom stereocenters. The monoisotopic (exact) mass is 379 g/mol. The van der Waals surface area contributed by atoms with E-state index >= 15 is 0 Å². The quantitative estimate of drug-likeness (QED) is 0.887. The first kappa shape index (κ1) is 15.2. The molecule has 0 bridgehead atoms. The highest BCUT2D eigenvalue weighted by molar-refractivity contribution is 9.10. The van der Waals surface area contributed by atoms with E-state index in [4.69, 9.17) is 0 Å². The molecule has 3 rings (SSSR count). The average Bonchev–Trinajstić information content (AvgIpc) is 3.29. The molecular formula is C16H14BrNO3S. The maximum atomic E-state index is 12.5. The van der Waals surface area contributed by atoms with Crippen molar-refractivity contribution in [3.8, 4) is 0 Å². The van der Waals surface area contributed by atoms with Crippen LogP contribution in [0.15, 0.2) is 64.0 Å². The second kappa shape index (κ2) is 5.52. The Hall–Kier alpha value is -1.66. The average molecular weight is 380 g/mol. The number of benzene rings is 2. The molecule has 0 heterocycles. The van der Waals surface area contributed by atoms with Gasteiger partial charge in [0.1, 0.15) is 0 Å². The van der Waals surface area contributed by atoms with Crippen molar-refractivity contribution >= 4 is 31.9 Å². The van der Waals surface area contributed by atoms with Crippen molar-refractivity contribution in [3.63, 3.8) is 0 Å². The first-order valence-electron chi connectivity index (χ1n) is 6.82. The van der Waals surface area contributed by atoms with Gasteiger partial charge in [-0.15, -0.1) is 0 Å². The maximum absolute atomic E-state index is 12.5. The standard InChI is InChI=1S/C16H14BrNO3S/c17-13-6-4-5-12(11-13)16(9-10-16)15(19)18-22(20,21)14-7-2-1-3-8-14/h1-8,11H,9-10H2,(H,18,19). The molecule has 0 aromatic heterocycles. The zero-order valence-corrected chi connectivity index (χ0v) is 14.0. The number of carbonyl (C=O) groups excluding carboxylic acids is 1. The number of sulfonamides is 1. The van der Waals surface area contributed by atoms with Crippen LogP contribution in [-0.4, -0.2) is 14.3 Å². The van der Waals surface area contributed by atoms with Crippen LogP contribution in [-0.2, 0) is 20.2 Å². The molecule has 1 aliphatic carbocycles. The first-order chi connectivity index (χ1) is 10.4. The van der Waals surface area contributed by atoms with Crippen LogP contribution in [0.1, 0.15) is 18.4 Å². The molecule has 0 spiro atoms. The molecule has 1 saturated carbocycles. The van der Waals surface area contributed by atoms with Crippen molar-refractivity contribution in [2.24, 2.45) is 0 Å². The SMILES string of the molecule is O=C(NS(=O)(=O)c1ccccc1)C1(c2cccc(Br)c2)CC1. The Balaban J connectivity index is 1.86. The molecule has 4 nitrogen and oxygen atoms in total. The molecule has 0 radical (unpaired) electrons. The van der Waals surface area contributed by atoms with Crippen molar-refractivity contribution in [2.75, 3.05) is 0 Å². The second-order valence-corrected chi connectivity index (χ2v) is 7.94.